The van der Waals surface area contributed by atoms with Crippen LogP contribution in [0.3, 0.4) is 0 Å². The summed E-state index contributed by atoms with van der Waals surface area (Å²) < 4.78 is 0. The fraction of sp³-hybridized carbons (Fsp3) is 0.0909. The highest BCUT2D eigenvalue weighted by Crippen LogP contribution is 2.22. The van der Waals surface area contributed by atoms with Crippen LogP contribution in [0.5, 0.6) is 0 Å². The van der Waals surface area contributed by atoms with Crippen molar-refractivity contribution in [2.75, 3.05) is 0 Å². The van der Waals surface area contributed by atoms with Crippen molar-refractivity contribution in [3.8, 4) is 0 Å². The maximum absolute atomic E-state index is 3.95. The van der Waals surface area contributed by atoms with Crippen molar-refractivity contribution in [1.82, 2.24) is 0 Å². The second-order valence-electron chi connectivity index (χ2n) is 2.53. The second-order valence-corrected chi connectivity index (χ2v) is 3.82. The van der Waals surface area contributed by atoms with Crippen LogP contribution in [0.25, 0.3) is 5.57 Å². The zero-order chi connectivity index (χ0) is 8.97. The van der Waals surface area contributed by atoms with Crippen molar-refractivity contribution in [1.29, 1.82) is 0 Å². The Morgan fingerprint density at radius 3 is 2.75 bits per heavy atom. The SMILES string of the molecule is C=C/C=C\C(=C)c1ccc(C)s1. The molecule has 0 aliphatic rings. The Hall–Kier alpha value is -1.08. The lowest BCUT2D eigenvalue weighted by atomic mass is 10.2. The van der Waals surface area contributed by atoms with E-state index in [1.165, 1.54) is 9.75 Å². The van der Waals surface area contributed by atoms with Crippen LogP contribution in [0.4, 0.5) is 0 Å². The highest BCUT2D eigenvalue weighted by Gasteiger charge is 1.96. The number of hydrogen-bond acceptors (Lipinski definition) is 1. The molecule has 0 saturated carbocycles. The molecule has 12 heavy (non-hydrogen) atoms. The minimum absolute atomic E-state index is 1.05. The largest absolute Gasteiger partial charge is 0.141 e. The normalized spacial score (nSPS) is 10.4. The fourth-order valence-electron chi connectivity index (χ4n) is 0.873. The smallest absolute Gasteiger partial charge is 0.0339 e. The van der Waals surface area contributed by atoms with Crippen molar-refractivity contribution in [3.05, 3.63) is 53.3 Å². The molecule has 0 spiro atoms. The maximum atomic E-state index is 3.95. The molecular weight excluding hydrogens is 164 g/mol. The van der Waals surface area contributed by atoms with Gasteiger partial charge in [0.15, 0.2) is 0 Å². The van der Waals surface area contributed by atoms with Gasteiger partial charge in [0.1, 0.15) is 0 Å². The average molecular weight is 176 g/mol. The van der Waals surface area contributed by atoms with Crippen LogP contribution in [0.15, 0.2) is 43.5 Å². The number of rotatable bonds is 3. The fourth-order valence-corrected chi connectivity index (χ4v) is 1.69. The lowest BCUT2D eigenvalue weighted by molar-refractivity contribution is 1.64. The first kappa shape index (κ1) is 9.01. The van der Waals surface area contributed by atoms with E-state index < -0.39 is 0 Å². The van der Waals surface area contributed by atoms with Gasteiger partial charge in [-0.15, -0.1) is 11.3 Å². The molecule has 0 aromatic carbocycles. The first-order valence-corrected chi connectivity index (χ1v) is 4.60. The number of hydrogen-bond donors (Lipinski definition) is 0. The zero-order valence-electron chi connectivity index (χ0n) is 7.21. The van der Waals surface area contributed by atoms with Crippen LogP contribution < -0.4 is 0 Å². The highest BCUT2D eigenvalue weighted by atomic mass is 32.1. The molecule has 0 fully saturated rings. The molecule has 0 aliphatic heterocycles. The zero-order valence-corrected chi connectivity index (χ0v) is 8.03. The van der Waals surface area contributed by atoms with E-state index in [1.807, 2.05) is 12.2 Å². The maximum Gasteiger partial charge on any atom is 0.0339 e. The summed E-state index contributed by atoms with van der Waals surface area (Å²) in [6.07, 6.45) is 5.63. The molecule has 1 aromatic heterocycles. The number of thiophene rings is 1. The first-order valence-electron chi connectivity index (χ1n) is 3.79. The summed E-state index contributed by atoms with van der Waals surface area (Å²) in [5.41, 5.74) is 1.05. The van der Waals surface area contributed by atoms with Crippen molar-refractivity contribution >= 4 is 16.9 Å². The summed E-state index contributed by atoms with van der Waals surface area (Å²) in [5, 5.41) is 0. The molecule has 0 radical (unpaired) electrons. The van der Waals surface area contributed by atoms with Crippen LogP contribution in [0, 0.1) is 6.92 Å². The molecule has 0 N–H and O–H groups in total. The summed E-state index contributed by atoms with van der Waals surface area (Å²) in [6, 6.07) is 4.20. The van der Waals surface area contributed by atoms with Crippen LogP contribution in [-0.2, 0) is 0 Å². The summed E-state index contributed by atoms with van der Waals surface area (Å²) in [7, 11) is 0. The van der Waals surface area contributed by atoms with E-state index in [0.717, 1.165) is 5.57 Å². The Kier molecular flexibility index (Phi) is 3.06. The summed E-state index contributed by atoms with van der Waals surface area (Å²) in [6.45, 7) is 9.65. The van der Waals surface area contributed by atoms with E-state index in [1.54, 1.807) is 17.4 Å². The predicted octanol–water partition coefficient (Wildman–Crippen LogP) is 3.81. The molecule has 0 atom stereocenters. The third kappa shape index (κ3) is 2.21. The predicted molar refractivity (Wildman–Crippen MR) is 57.4 cm³/mol. The van der Waals surface area contributed by atoms with Crippen LogP contribution in [-0.4, -0.2) is 0 Å². The summed E-state index contributed by atoms with van der Waals surface area (Å²) >= 11 is 1.76. The molecule has 62 valence electrons. The van der Waals surface area contributed by atoms with Crippen LogP contribution in [0.1, 0.15) is 9.75 Å². The standard InChI is InChI=1S/C11H12S/c1-4-5-6-9(2)11-8-7-10(3)12-11/h4-8H,1-2H2,3H3/b6-5-. The number of allylic oxidation sites excluding steroid dienone is 4. The van der Waals surface area contributed by atoms with Crippen LogP contribution >= 0.6 is 11.3 Å². The molecule has 1 heteroatoms. The Morgan fingerprint density at radius 1 is 1.50 bits per heavy atom. The van der Waals surface area contributed by atoms with Gasteiger partial charge in [0, 0.05) is 9.75 Å². The minimum Gasteiger partial charge on any atom is -0.141 e. The van der Waals surface area contributed by atoms with E-state index in [0.29, 0.717) is 0 Å². The lowest BCUT2D eigenvalue weighted by Crippen LogP contribution is -1.67. The van der Waals surface area contributed by atoms with Gasteiger partial charge in [-0.1, -0.05) is 31.4 Å². The molecule has 1 aromatic rings. The Bertz CT molecular complexity index is 316. The van der Waals surface area contributed by atoms with Gasteiger partial charge in [0.05, 0.1) is 0 Å². The quantitative estimate of drug-likeness (QED) is 0.614. The van der Waals surface area contributed by atoms with Crippen molar-refractivity contribution in [2.45, 2.75) is 6.92 Å². The molecule has 1 heterocycles. The van der Waals surface area contributed by atoms with E-state index in [2.05, 4.69) is 32.2 Å². The van der Waals surface area contributed by atoms with Gasteiger partial charge < -0.3 is 0 Å². The highest BCUT2D eigenvalue weighted by molar-refractivity contribution is 7.13. The van der Waals surface area contributed by atoms with Crippen molar-refractivity contribution in [2.24, 2.45) is 0 Å². The Morgan fingerprint density at radius 2 is 2.25 bits per heavy atom. The molecule has 0 amide bonds. The van der Waals surface area contributed by atoms with E-state index in [-0.39, 0.29) is 0 Å². The van der Waals surface area contributed by atoms with Crippen molar-refractivity contribution in [3.63, 3.8) is 0 Å². The molecular formula is C11H12S. The second kappa shape index (κ2) is 4.07. The van der Waals surface area contributed by atoms with Gasteiger partial charge in [-0.25, -0.2) is 0 Å². The van der Waals surface area contributed by atoms with Gasteiger partial charge in [-0.3, -0.25) is 0 Å². The topological polar surface area (TPSA) is 0 Å². The van der Waals surface area contributed by atoms with Gasteiger partial charge >= 0.3 is 0 Å². The van der Waals surface area contributed by atoms with E-state index >= 15 is 0 Å². The van der Waals surface area contributed by atoms with E-state index in [4.69, 9.17) is 0 Å². The molecule has 0 unspecified atom stereocenters. The Labute approximate surface area is 77.6 Å². The van der Waals surface area contributed by atoms with Crippen molar-refractivity contribution < 1.29 is 0 Å². The number of aryl methyl sites for hydroxylation is 1. The lowest BCUT2D eigenvalue weighted by Gasteiger charge is -1.91. The van der Waals surface area contributed by atoms with Gasteiger partial charge in [-0.05, 0) is 24.6 Å². The third-order valence-corrected chi connectivity index (χ3v) is 2.57. The minimum atomic E-state index is 1.05. The van der Waals surface area contributed by atoms with Gasteiger partial charge in [0.2, 0.25) is 0 Å². The van der Waals surface area contributed by atoms with Gasteiger partial charge in [0.25, 0.3) is 0 Å². The van der Waals surface area contributed by atoms with Crippen LogP contribution in [0.2, 0.25) is 0 Å². The molecule has 0 aliphatic carbocycles. The molecule has 1 rings (SSSR count). The monoisotopic (exact) mass is 176 g/mol. The third-order valence-electron chi connectivity index (χ3n) is 1.49. The average Bonchev–Trinajstić information content (AvgIpc) is 2.47. The summed E-state index contributed by atoms with van der Waals surface area (Å²) in [4.78, 5) is 2.55. The Balaban J connectivity index is 2.78. The first-order chi connectivity index (χ1) is 5.74. The molecule has 0 saturated heterocycles. The van der Waals surface area contributed by atoms with Gasteiger partial charge in [-0.2, -0.15) is 0 Å². The molecule has 0 nitrogen and oxygen atoms in total. The summed E-state index contributed by atoms with van der Waals surface area (Å²) in [5.74, 6) is 0. The molecule has 0 bridgehead atoms. The van der Waals surface area contributed by atoms with E-state index in [9.17, 15) is 0 Å².